The van der Waals surface area contributed by atoms with Crippen molar-refractivity contribution in [3.05, 3.63) is 41.5 Å². The van der Waals surface area contributed by atoms with Gasteiger partial charge in [-0.2, -0.15) is 0 Å². The average Bonchev–Trinajstić information content (AvgIpc) is 3.18. The zero-order valence-corrected chi connectivity index (χ0v) is 20.8. The minimum Gasteiger partial charge on any atom is -0.466 e. The van der Waals surface area contributed by atoms with Crippen molar-refractivity contribution in [1.29, 1.82) is 0 Å². The summed E-state index contributed by atoms with van der Waals surface area (Å²) in [5.74, 6) is -1.15. The maximum absolute atomic E-state index is 13.2. The first-order chi connectivity index (χ1) is 15.3. The largest absolute Gasteiger partial charge is 0.466 e. The van der Waals surface area contributed by atoms with Crippen LogP contribution in [0.15, 0.2) is 30.3 Å². The monoisotopic (exact) mass is 459 g/mol. The van der Waals surface area contributed by atoms with Gasteiger partial charge in [0, 0.05) is 19.2 Å². The summed E-state index contributed by atoms with van der Waals surface area (Å²) in [7, 11) is 1.33. The molecule has 0 aliphatic carbocycles. The number of carbonyl (C=O) groups is 3. The van der Waals surface area contributed by atoms with E-state index in [0.29, 0.717) is 25.9 Å². The van der Waals surface area contributed by atoms with E-state index in [2.05, 4.69) is 4.74 Å². The second kappa shape index (κ2) is 10.9. The van der Waals surface area contributed by atoms with Crippen LogP contribution in [0, 0.1) is 11.8 Å². The first kappa shape index (κ1) is 26.4. The van der Waals surface area contributed by atoms with Crippen LogP contribution in [0.5, 0.6) is 0 Å². The van der Waals surface area contributed by atoms with Crippen molar-refractivity contribution in [3.8, 4) is 0 Å². The molecule has 7 nitrogen and oxygen atoms in total. The van der Waals surface area contributed by atoms with Crippen molar-refractivity contribution >= 4 is 24.1 Å². The van der Waals surface area contributed by atoms with Crippen LogP contribution in [0.1, 0.15) is 59.1 Å². The molecule has 2 rings (SSSR count). The molecule has 1 aromatic carbocycles. The number of esters is 2. The van der Waals surface area contributed by atoms with E-state index >= 15 is 0 Å². The number of carbonyl (C=O) groups excluding carboxylic acids is 3. The van der Waals surface area contributed by atoms with Crippen molar-refractivity contribution in [3.63, 3.8) is 0 Å². The quantitative estimate of drug-likeness (QED) is 0.350. The lowest BCUT2D eigenvalue weighted by Crippen LogP contribution is -2.38. The molecule has 33 heavy (non-hydrogen) atoms. The minimum absolute atomic E-state index is 0.0402. The maximum Gasteiger partial charge on any atom is 0.410 e. The molecule has 0 N–H and O–H groups in total. The third-order valence-electron chi connectivity index (χ3n) is 5.17. The summed E-state index contributed by atoms with van der Waals surface area (Å²) in [6.07, 6.45) is 3.85. The average molecular weight is 460 g/mol. The molecule has 2 atom stereocenters. The Bertz CT molecular complexity index is 878. The summed E-state index contributed by atoms with van der Waals surface area (Å²) in [6, 6.07) is 7.66. The second-order valence-corrected chi connectivity index (χ2v) is 10.4. The Hall–Kier alpha value is -2.83. The highest BCUT2D eigenvalue weighted by molar-refractivity contribution is 5.86. The summed E-state index contributed by atoms with van der Waals surface area (Å²) >= 11 is 0. The molecule has 1 amide bonds. The molecule has 0 saturated carbocycles. The lowest BCUT2D eigenvalue weighted by atomic mass is 9.85. The smallest absolute Gasteiger partial charge is 0.410 e. The van der Waals surface area contributed by atoms with Crippen LogP contribution in [-0.4, -0.2) is 54.3 Å². The summed E-state index contributed by atoms with van der Waals surface area (Å²) in [5.41, 5.74) is 0.609. The van der Waals surface area contributed by atoms with Gasteiger partial charge in [0.25, 0.3) is 0 Å². The van der Waals surface area contributed by atoms with Gasteiger partial charge in [-0.1, -0.05) is 24.3 Å². The van der Waals surface area contributed by atoms with Gasteiger partial charge in [-0.25, -0.2) is 9.59 Å². The Morgan fingerprint density at radius 3 is 2.36 bits per heavy atom. The predicted octanol–water partition coefficient (Wildman–Crippen LogP) is 4.63. The Morgan fingerprint density at radius 1 is 1.09 bits per heavy atom. The van der Waals surface area contributed by atoms with Crippen molar-refractivity contribution in [2.45, 2.75) is 65.6 Å². The van der Waals surface area contributed by atoms with Gasteiger partial charge in [0.05, 0.1) is 13.0 Å². The molecule has 0 bridgehead atoms. The van der Waals surface area contributed by atoms with Crippen LogP contribution < -0.4 is 0 Å². The fraction of sp³-hybridized carbons (Fsp3) is 0.577. The van der Waals surface area contributed by atoms with Crippen molar-refractivity contribution in [1.82, 2.24) is 4.90 Å². The topological polar surface area (TPSA) is 82.1 Å². The molecule has 7 heteroatoms. The van der Waals surface area contributed by atoms with Crippen LogP contribution in [0.2, 0.25) is 0 Å². The molecule has 0 unspecified atom stereocenters. The van der Waals surface area contributed by atoms with E-state index in [1.807, 2.05) is 65.8 Å². The first-order valence-corrected chi connectivity index (χ1v) is 11.3. The number of methoxy groups -OCH3 is 1. The van der Waals surface area contributed by atoms with E-state index in [1.165, 1.54) is 13.2 Å². The zero-order valence-electron chi connectivity index (χ0n) is 20.8. The molecule has 1 heterocycles. The highest BCUT2D eigenvalue weighted by Gasteiger charge is 2.39. The van der Waals surface area contributed by atoms with Crippen LogP contribution in [0.3, 0.4) is 0 Å². The molecule has 1 saturated heterocycles. The molecular formula is C26H37NO6. The van der Waals surface area contributed by atoms with Gasteiger partial charge >= 0.3 is 18.0 Å². The number of benzene rings is 1. The maximum atomic E-state index is 13.2. The Kier molecular flexibility index (Phi) is 8.69. The highest BCUT2D eigenvalue weighted by atomic mass is 16.6. The normalized spacial score (nSPS) is 17.7. The van der Waals surface area contributed by atoms with E-state index in [4.69, 9.17) is 9.47 Å². The number of hydrogen-bond acceptors (Lipinski definition) is 6. The third-order valence-corrected chi connectivity index (χ3v) is 5.17. The van der Waals surface area contributed by atoms with Crippen LogP contribution >= 0.6 is 0 Å². The fourth-order valence-electron chi connectivity index (χ4n) is 3.74. The van der Waals surface area contributed by atoms with Gasteiger partial charge < -0.3 is 19.1 Å². The van der Waals surface area contributed by atoms with E-state index < -0.39 is 23.1 Å². The van der Waals surface area contributed by atoms with Crippen molar-refractivity contribution < 1.29 is 28.6 Å². The SMILES string of the molecule is COC(=O)/C=C/c1cccc(C[C@H](C(=O)OC(C)(C)C)[C@H]2CCN(C(=O)OC(C)(C)C)C2)c1. The van der Waals surface area contributed by atoms with Crippen LogP contribution in [-0.2, 0) is 30.2 Å². The molecule has 0 aromatic heterocycles. The zero-order chi connectivity index (χ0) is 24.8. The number of ether oxygens (including phenoxy) is 3. The van der Waals surface area contributed by atoms with E-state index in [-0.39, 0.29) is 18.0 Å². The lowest BCUT2D eigenvalue weighted by molar-refractivity contribution is -0.162. The highest BCUT2D eigenvalue weighted by Crippen LogP contribution is 2.31. The molecule has 0 radical (unpaired) electrons. The summed E-state index contributed by atoms with van der Waals surface area (Å²) < 4.78 is 15.9. The Morgan fingerprint density at radius 2 is 1.76 bits per heavy atom. The van der Waals surface area contributed by atoms with Crippen molar-refractivity contribution in [2.24, 2.45) is 11.8 Å². The Labute approximate surface area is 197 Å². The summed E-state index contributed by atoms with van der Waals surface area (Å²) in [4.78, 5) is 38.8. The van der Waals surface area contributed by atoms with Gasteiger partial charge in [0.1, 0.15) is 11.2 Å². The number of amides is 1. The standard InChI is InChI=1S/C26H37NO6/c1-25(2,3)32-23(29)21(20-13-14-27(17-20)24(30)33-26(4,5)6)16-19-10-8-9-18(15-19)11-12-22(28)31-7/h8-12,15,20-21H,13-14,16-17H2,1-7H3/b12-11+/t20-,21-/m0/s1. The summed E-state index contributed by atoms with van der Waals surface area (Å²) in [5, 5.41) is 0. The number of likely N-dealkylation sites (tertiary alicyclic amines) is 1. The molecule has 1 aromatic rings. The molecular weight excluding hydrogens is 422 g/mol. The van der Waals surface area contributed by atoms with Crippen LogP contribution in [0.4, 0.5) is 4.79 Å². The van der Waals surface area contributed by atoms with E-state index in [0.717, 1.165) is 11.1 Å². The molecule has 1 fully saturated rings. The number of nitrogens with zero attached hydrogens (tertiary/aromatic N) is 1. The minimum atomic E-state index is -0.607. The molecule has 0 spiro atoms. The van der Waals surface area contributed by atoms with E-state index in [1.54, 1.807) is 11.0 Å². The van der Waals surface area contributed by atoms with Crippen LogP contribution in [0.25, 0.3) is 6.08 Å². The Balaban J connectivity index is 2.20. The van der Waals surface area contributed by atoms with Gasteiger partial charge in [-0.15, -0.1) is 0 Å². The molecule has 1 aliphatic heterocycles. The molecule has 182 valence electrons. The fourth-order valence-corrected chi connectivity index (χ4v) is 3.74. The number of rotatable bonds is 6. The third kappa shape index (κ3) is 8.91. The molecule has 1 aliphatic rings. The predicted molar refractivity (Wildman–Crippen MR) is 126 cm³/mol. The number of hydrogen-bond donors (Lipinski definition) is 0. The van der Waals surface area contributed by atoms with Gasteiger partial charge in [0.2, 0.25) is 0 Å². The van der Waals surface area contributed by atoms with Crippen molar-refractivity contribution in [2.75, 3.05) is 20.2 Å². The lowest BCUT2D eigenvalue weighted by Gasteiger charge is -2.28. The van der Waals surface area contributed by atoms with Gasteiger partial charge in [-0.3, -0.25) is 4.79 Å². The van der Waals surface area contributed by atoms with Gasteiger partial charge in [-0.05, 0) is 77.5 Å². The first-order valence-electron chi connectivity index (χ1n) is 11.3. The second-order valence-electron chi connectivity index (χ2n) is 10.4. The summed E-state index contributed by atoms with van der Waals surface area (Å²) in [6.45, 7) is 12.0. The van der Waals surface area contributed by atoms with E-state index in [9.17, 15) is 14.4 Å². The van der Waals surface area contributed by atoms with Gasteiger partial charge in [0.15, 0.2) is 0 Å².